The Morgan fingerprint density at radius 1 is 1.03 bits per heavy atom. The topological polar surface area (TPSA) is 123 Å². The molecule has 1 fully saturated rings. The van der Waals surface area contributed by atoms with Crippen LogP contribution >= 0.6 is 0 Å². The largest absolute Gasteiger partial charge is 0.353 e. The molecule has 10 nitrogen and oxygen atoms in total. The molecule has 0 radical (unpaired) electrons. The van der Waals surface area contributed by atoms with Crippen molar-refractivity contribution in [3.05, 3.63) is 60.6 Å². The van der Waals surface area contributed by atoms with Crippen molar-refractivity contribution >= 4 is 39.4 Å². The Kier molecular flexibility index (Phi) is 6.32. The first kappa shape index (κ1) is 24.7. The van der Waals surface area contributed by atoms with E-state index in [0.29, 0.717) is 16.9 Å². The number of hydrogen-bond acceptors (Lipinski definition) is 6. The molecule has 198 valence electrons. The maximum absolute atomic E-state index is 12.8. The fourth-order valence-electron chi connectivity index (χ4n) is 5.16. The first-order chi connectivity index (χ1) is 18.9. The van der Waals surface area contributed by atoms with Gasteiger partial charge in [0.2, 0.25) is 5.91 Å². The number of anilines is 1. The lowest BCUT2D eigenvalue weighted by molar-refractivity contribution is -0.121. The highest BCUT2D eigenvalue weighted by Crippen LogP contribution is 2.32. The lowest BCUT2D eigenvalue weighted by atomic mass is 9.96. The molecule has 0 atom stereocenters. The van der Waals surface area contributed by atoms with E-state index in [1.807, 2.05) is 36.4 Å². The molecule has 1 aromatic carbocycles. The highest BCUT2D eigenvalue weighted by Gasteiger charge is 2.23. The van der Waals surface area contributed by atoms with Gasteiger partial charge in [-0.3, -0.25) is 19.7 Å². The number of amides is 2. The van der Waals surface area contributed by atoms with Crippen molar-refractivity contribution in [2.75, 3.05) is 39.5 Å². The molecule has 6 rings (SSSR count). The molecule has 0 saturated carbocycles. The van der Waals surface area contributed by atoms with Gasteiger partial charge in [-0.1, -0.05) is 6.07 Å². The van der Waals surface area contributed by atoms with Crippen LogP contribution < -0.4 is 5.32 Å². The minimum Gasteiger partial charge on any atom is -0.353 e. The van der Waals surface area contributed by atoms with Gasteiger partial charge < -0.3 is 20.1 Å². The van der Waals surface area contributed by atoms with Gasteiger partial charge in [-0.2, -0.15) is 5.10 Å². The molecule has 0 spiro atoms. The minimum absolute atomic E-state index is 0.0150. The zero-order valence-corrected chi connectivity index (χ0v) is 22.2. The van der Waals surface area contributed by atoms with Crippen molar-refractivity contribution in [3.8, 4) is 22.5 Å². The monoisotopic (exact) mass is 522 g/mol. The number of nitrogens with zero attached hydrogens (tertiary/aromatic N) is 5. The number of aromatic amines is 2. The van der Waals surface area contributed by atoms with Gasteiger partial charge in [-0.05, 0) is 63.3 Å². The summed E-state index contributed by atoms with van der Waals surface area (Å²) in [6, 6.07) is 11.5. The number of carbonyl (C=O) groups excluding carboxylic acids is 2. The van der Waals surface area contributed by atoms with E-state index in [1.165, 1.54) is 0 Å². The fraction of sp³-hybridized carbons (Fsp3) is 0.276. The number of benzene rings is 1. The normalized spacial score (nSPS) is 14.6. The van der Waals surface area contributed by atoms with Crippen LogP contribution in [0.15, 0.2) is 55.0 Å². The Morgan fingerprint density at radius 2 is 1.82 bits per heavy atom. The maximum atomic E-state index is 12.8. The van der Waals surface area contributed by atoms with Gasteiger partial charge in [0, 0.05) is 65.4 Å². The Hall–Kier alpha value is -4.57. The lowest BCUT2D eigenvalue weighted by Gasteiger charge is -2.28. The summed E-state index contributed by atoms with van der Waals surface area (Å²) in [6.07, 6.45) is 6.90. The Labute approximate surface area is 225 Å². The van der Waals surface area contributed by atoms with Crippen molar-refractivity contribution in [2.24, 2.45) is 5.92 Å². The SMILES string of the molecule is CN1CCC(C(=O)Nc2cncc(-c3cnc4n[nH]c(-c5cc6c(C(=O)N(C)C)cccc6[nH]5)c4c3)c2)CC1. The quantitative estimate of drug-likeness (QED) is 0.319. The van der Waals surface area contributed by atoms with Crippen LogP contribution in [0, 0.1) is 5.92 Å². The van der Waals surface area contributed by atoms with Gasteiger partial charge in [0.15, 0.2) is 5.65 Å². The molecule has 39 heavy (non-hydrogen) atoms. The molecular formula is C29H30N8O2. The molecule has 5 aromatic rings. The molecule has 3 N–H and O–H groups in total. The standard InChI is InChI=1S/C29H30N8O2/c1-36(2)29(39)21-5-4-6-24-22(21)13-25(33-24)26-23-12-19(15-31-27(23)35-34-26)18-11-20(16-30-14-18)32-28(38)17-7-9-37(3)10-8-17/h4-6,11-17,33H,7-10H2,1-3H3,(H,32,38)(H,31,34,35). The summed E-state index contributed by atoms with van der Waals surface area (Å²) in [5.74, 6) is -0.000231. The van der Waals surface area contributed by atoms with Gasteiger partial charge in [-0.15, -0.1) is 0 Å². The van der Waals surface area contributed by atoms with Gasteiger partial charge >= 0.3 is 0 Å². The number of hydrogen-bond donors (Lipinski definition) is 3. The minimum atomic E-state index is -0.0557. The second kappa shape index (κ2) is 9.95. The van der Waals surface area contributed by atoms with E-state index in [2.05, 4.69) is 42.4 Å². The highest BCUT2D eigenvalue weighted by atomic mass is 16.2. The van der Waals surface area contributed by atoms with E-state index < -0.39 is 0 Å². The summed E-state index contributed by atoms with van der Waals surface area (Å²) < 4.78 is 0. The van der Waals surface area contributed by atoms with Crippen LogP contribution in [0.4, 0.5) is 5.69 Å². The summed E-state index contributed by atoms with van der Waals surface area (Å²) in [7, 11) is 5.57. The second-order valence-electron chi connectivity index (χ2n) is 10.4. The summed E-state index contributed by atoms with van der Waals surface area (Å²) in [5, 5.41) is 12.2. The zero-order valence-electron chi connectivity index (χ0n) is 22.2. The predicted octanol–water partition coefficient (Wildman–Crippen LogP) is 4.15. The fourth-order valence-corrected chi connectivity index (χ4v) is 5.16. The molecule has 5 heterocycles. The van der Waals surface area contributed by atoms with Crippen LogP contribution in [0.3, 0.4) is 0 Å². The summed E-state index contributed by atoms with van der Waals surface area (Å²) in [5.41, 5.74) is 6.02. The number of nitrogens with one attached hydrogen (secondary N) is 3. The van der Waals surface area contributed by atoms with Crippen LogP contribution in [0.2, 0.25) is 0 Å². The van der Waals surface area contributed by atoms with Crippen molar-refractivity contribution in [1.82, 2.24) is 34.9 Å². The molecule has 0 bridgehead atoms. The number of fused-ring (bicyclic) bond motifs is 2. The van der Waals surface area contributed by atoms with Gasteiger partial charge in [0.05, 0.1) is 23.3 Å². The van der Waals surface area contributed by atoms with Crippen molar-refractivity contribution in [3.63, 3.8) is 0 Å². The molecule has 1 aliphatic heterocycles. The number of H-pyrrole nitrogens is 2. The van der Waals surface area contributed by atoms with E-state index in [4.69, 9.17) is 0 Å². The van der Waals surface area contributed by atoms with E-state index >= 15 is 0 Å². The average Bonchev–Trinajstić information content (AvgIpc) is 3.56. The number of rotatable bonds is 5. The van der Waals surface area contributed by atoms with Crippen molar-refractivity contribution in [2.45, 2.75) is 12.8 Å². The van der Waals surface area contributed by atoms with Gasteiger partial charge in [0.25, 0.3) is 5.91 Å². The van der Waals surface area contributed by atoms with Crippen molar-refractivity contribution < 1.29 is 9.59 Å². The number of piperidine rings is 1. The first-order valence-electron chi connectivity index (χ1n) is 13.0. The number of aromatic nitrogens is 5. The first-order valence-corrected chi connectivity index (χ1v) is 13.0. The molecule has 1 saturated heterocycles. The van der Waals surface area contributed by atoms with Gasteiger partial charge in [-0.25, -0.2) is 4.98 Å². The van der Waals surface area contributed by atoms with Gasteiger partial charge in [0.1, 0.15) is 0 Å². The average molecular weight is 523 g/mol. The van der Waals surface area contributed by atoms with Crippen molar-refractivity contribution in [1.29, 1.82) is 0 Å². The number of carbonyl (C=O) groups is 2. The van der Waals surface area contributed by atoms with E-state index in [0.717, 1.165) is 64.7 Å². The Morgan fingerprint density at radius 3 is 2.62 bits per heavy atom. The highest BCUT2D eigenvalue weighted by molar-refractivity contribution is 6.08. The third-order valence-corrected chi connectivity index (χ3v) is 7.41. The van der Waals surface area contributed by atoms with Crippen LogP contribution in [0.25, 0.3) is 44.5 Å². The molecule has 10 heteroatoms. The zero-order chi connectivity index (χ0) is 27.1. The Balaban J connectivity index is 1.31. The van der Waals surface area contributed by atoms with Crippen LogP contribution in [0.5, 0.6) is 0 Å². The number of pyridine rings is 2. The lowest BCUT2D eigenvalue weighted by Crippen LogP contribution is -2.35. The smallest absolute Gasteiger partial charge is 0.254 e. The van der Waals surface area contributed by atoms with Crippen LogP contribution in [-0.2, 0) is 4.79 Å². The molecule has 0 unspecified atom stereocenters. The van der Waals surface area contributed by atoms with E-state index in [1.54, 1.807) is 37.6 Å². The molecule has 0 aliphatic carbocycles. The summed E-state index contributed by atoms with van der Waals surface area (Å²) in [4.78, 5) is 41.7. The summed E-state index contributed by atoms with van der Waals surface area (Å²) >= 11 is 0. The third kappa shape index (κ3) is 4.74. The third-order valence-electron chi connectivity index (χ3n) is 7.41. The molecule has 4 aromatic heterocycles. The maximum Gasteiger partial charge on any atom is 0.254 e. The second-order valence-corrected chi connectivity index (χ2v) is 10.4. The Bertz CT molecular complexity index is 1690. The van der Waals surface area contributed by atoms with Crippen LogP contribution in [0.1, 0.15) is 23.2 Å². The number of likely N-dealkylation sites (tertiary alicyclic amines) is 1. The molecule has 2 amide bonds. The predicted molar refractivity (Wildman–Crippen MR) is 151 cm³/mol. The van der Waals surface area contributed by atoms with E-state index in [9.17, 15) is 9.59 Å². The molecule has 1 aliphatic rings. The van der Waals surface area contributed by atoms with Crippen LogP contribution in [-0.4, -0.2) is 81.0 Å². The molecular weight excluding hydrogens is 492 g/mol. The van der Waals surface area contributed by atoms with E-state index in [-0.39, 0.29) is 17.7 Å². The summed E-state index contributed by atoms with van der Waals surface area (Å²) in [6.45, 7) is 1.86.